The number of rotatable bonds is 3. The summed E-state index contributed by atoms with van der Waals surface area (Å²) in [6.45, 7) is 2.30. The summed E-state index contributed by atoms with van der Waals surface area (Å²) in [4.78, 5) is 40.1. The molecule has 0 aromatic heterocycles. The van der Waals surface area contributed by atoms with Gasteiger partial charge < -0.3 is 10.2 Å². The molecule has 2 aliphatic rings. The maximum Gasteiger partial charge on any atom is 0.332 e. The van der Waals surface area contributed by atoms with E-state index in [-0.39, 0.29) is 23.8 Å². The number of benzene rings is 2. The number of hydrogen-bond donors (Lipinski definition) is 1. The molecule has 27 heavy (non-hydrogen) atoms. The molecule has 2 aromatic carbocycles. The van der Waals surface area contributed by atoms with Crippen LogP contribution in [0.3, 0.4) is 0 Å². The maximum atomic E-state index is 13.1. The molecule has 2 aliphatic heterocycles. The Morgan fingerprint density at radius 2 is 1.96 bits per heavy atom. The summed E-state index contributed by atoms with van der Waals surface area (Å²) in [5.74, 6) is -0.525. The van der Waals surface area contributed by atoms with E-state index in [1.807, 2.05) is 24.3 Å². The molecule has 4 rings (SSSR count). The molecule has 0 spiro atoms. The van der Waals surface area contributed by atoms with Crippen LogP contribution >= 0.6 is 0 Å². The van der Waals surface area contributed by atoms with Gasteiger partial charge in [-0.05, 0) is 18.6 Å². The Balaban J connectivity index is 1.73. The molecule has 0 radical (unpaired) electrons. The van der Waals surface area contributed by atoms with Crippen molar-refractivity contribution < 1.29 is 14.4 Å². The molecule has 0 aliphatic carbocycles. The molecule has 7 nitrogen and oxygen atoms in total. The highest BCUT2D eigenvalue weighted by atomic mass is 16.2. The Morgan fingerprint density at radius 3 is 2.67 bits per heavy atom. The van der Waals surface area contributed by atoms with Crippen molar-refractivity contribution in [2.45, 2.75) is 19.4 Å². The Bertz CT molecular complexity index is 1010. The van der Waals surface area contributed by atoms with E-state index in [1.54, 1.807) is 17.0 Å². The molecule has 2 saturated heterocycles. The lowest BCUT2D eigenvalue weighted by Crippen LogP contribution is -2.39. The first-order valence-electron chi connectivity index (χ1n) is 8.83. The number of imide groups is 1. The first kappa shape index (κ1) is 17.0. The van der Waals surface area contributed by atoms with Gasteiger partial charge in [-0.15, -0.1) is 0 Å². The van der Waals surface area contributed by atoms with Gasteiger partial charge in [0.25, 0.3) is 5.91 Å². The van der Waals surface area contributed by atoms with Crippen LogP contribution in [0.1, 0.15) is 18.9 Å². The molecule has 4 amide bonds. The van der Waals surface area contributed by atoms with Crippen LogP contribution in [0.15, 0.2) is 36.4 Å². The van der Waals surface area contributed by atoms with Gasteiger partial charge >= 0.3 is 6.03 Å². The molecule has 2 heterocycles. The van der Waals surface area contributed by atoms with Crippen LogP contribution in [0.25, 0.3) is 10.8 Å². The second-order valence-corrected chi connectivity index (χ2v) is 6.87. The van der Waals surface area contributed by atoms with Crippen LogP contribution in [0.4, 0.5) is 10.5 Å². The predicted octanol–water partition coefficient (Wildman–Crippen LogP) is 2.00. The summed E-state index contributed by atoms with van der Waals surface area (Å²) in [6, 6.07) is 11.8. The van der Waals surface area contributed by atoms with Gasteiger partial charge in [-0.2, -0.15) is 5.26 Å². The van der Waals surface area contributed by atoms with E-state index < -0.39 is 6.04 Å². The number of hydrogen-bond acceptors (Lipinski definition) is 4. The molecule has 2 unspecified atom stereocenters. The average Bonchev–Trinajstić information content (AvgIpc) is 3.19. The van der Waals surface area contributed by atoms with E-state index in [1.165, 1.54) is 11.8 Å². The smallest absolute Gasteiger partial charge is 0.332 e. The largest absolute Gasteiger partial charge is 0.356 e. The van der Waals surface area contributed by atoms with E-state index in [0.29, 0.717) is 41.5 Å². The highest BCUT2D eigenvalue weighted by Crippen LogP contribution is 2.38. The van der Waals surface area contributed by atoms with E-state index >= 15 is 0 Å². The Hall–Kier alpha value is -3.40. The summed E-state index contributed by atoms with van der Waals surface area (Å²) in [5.41, 5.74) is 0.991. The van der Waals surface area contributed by atoms with E-state index in [9.17, 15) is 19.6 Å². The van der Waals surface area contributed by atoms with Crippen molar-refractivity contribution in [1.82, 2.24) is 10.2 Å². The number of amides is 4. The second-order valence-electron chi connectivity index (χ2n) is 6.87. The Labute approximate surface area is 156 Å². The lowest BCUT2D eigenvalue weighted by atomic mass is 9.99. The number of nitriles is 1. The first-order chi connectivity index (χ1) is 13.0. The maximum absolute atomic E-state index is 13.1. The number of fused-ring (bicyclic) bond motifs is 2. The number of carbonyl (C=O) groups is 3. The van der Waals surface area contributed by atoms with Crippen molar-refractivity contribution in [3.05, 3.63) is 42.0 Å². The highest BCUT2D eigenvalue weighted by molar-refractivity contribution is 6.24. The van der Waals surface area contributed by atoms with E-state index in [2.05, 4.69) is 11.4 Å². The van der Waals surface area contributed by atoms with Crippen molar-refractivity contribution in [2.24, 2.45) is 5.92 Å². The van der Waals surface area contributed by atoms with Crippen LogP contribution in [0.2, 0.25) is 0 Å². The zero-order valence-corrected chi connectivity index (χ0v) is 14.8. The number of urea groups is 1. The van der Waals surface area contributed by atoms with E-state index in [4.69, 9.17) is 0 Å². The van der Waals surface area contributed by atoms with Crippen molar-refractivity contribution in [3.63, 3.8) is 0 Å². The molecule has 0 bridgehead atoms. The molecule has 0 saturated carbocycles. The standard InChI is InChI=1S/C20H18N4O3/c1-12(25)22-11-14-8-9-23-18(14)19(26)24(20(23)27)17-7-6-13(10-21)15-4-2-3-5-16(15)17/h2-7,14,18H,8-9,11H2,1H3,(H,22,25). The van der Waals surface area contributed by atoms with Crippen molar-refractivity contribution in [2.75, 3.05) is 18.0 Å². The molecular weight excluding hydrogens is 344 g/mol. The first-order valence-corrected chi connectivity index (χ1v) is 8.83. The molecule has 7 heteroatoms. The predicted molar refractivity (Wildman–Crippen MR) is 98.8 cm³/mol. The molecule has 136 valence electrons. The minimum atomic E-state index is -0.557. The molecule has 2 aromatic rings. The number of nitrogens with one attached hydrogen (secondary N) is 1. The Kier molecular flexibility index (Phi) is 4.04. The van der Waals surface area contributed by atoms with Crippen LogP contribution in [-0.4, -0.2) is 41.9 Å². The van der Waals surface area contributed by atoms with Crippen molar-refractivity contribution >= 4 is 34.3 Å². The topological polar surface area (TPSA) is 93.5 Å². The second kappa shape index (κ2) is 6.40. The fourth-order valence-electron chi connectivity index (χ4n) is 4.05. The lowest BCUT2D eigenvalue weighted by molar-refractivity contribution is -0.121. The molecule has 1 N–H and O–H groups in total. The average molecular weight is 362 g/mol. The number of carbonyl (C=O) groups excluding carboxylic acids is 3. The third-order valence-electron chi connectivity index (χ3n) is 5.31. The van der Waals surface area contributed by atoms with Crippen LogP contribution < -0.4 is 10.2 Å². The fraction of sp³-hybridized carbons (Fsp3) is 0.300. The zero-order chi connectivity index (χ0) is 19.1. The van der Waals surface area contributed by atoms with Gasteiger partial charge in [0.2, 0.25) is 5.91 Å². The number of anilines is 1. The van der Waals surface area contributed by atoms with Crippen LogP contribution in [0.5, 0.6) is 0 Å². The van der Waals surface area contributed by atoms with E-state index in [0.717, 1.165) is 0 Å². The third-order valence-corrected chi connectivity index (χ3v) is 5.31. The van der Waals surface area contributed by atoms with Gasteiger partial charge in [-0.1, -0.05) is 24.3 Å². The van der Waals surface area contributed by atoms with Crippen LogP contribution in [-0.2, 0) is 9.59 Å². The third kappa shape index (κ3) is 2.61. The Morgan fingerprint density at radius 1 is 1.22 bits per heavy atom. The van der Waals surface area contributed by atoms with Crippen molar-refractivity contribution in [3.8, 4) is 6.07 Å². The molecule has 2 atom stereocenters. The molecular formula is C20H18N4O3. The lowest BCUT2D eigenvalue weighted by Gasteiger charge is -2.19. The van der Waals surface area contributed by atoms with Gasteiger partial charge in [-0.3, -0.25) is 9.59 Å². The quantitative estimate of drug-likeness (QED) is 0.845. The van der Waals surface area contributed by atoms with Gasteiger partial charge in [0.05, 0.1) is 17.3 Å². The summed E-state index contributed by atoms with van der Waals surface area (Å²) in [6.07, 6.45) is 0.685. The van der Waals surface area contributed by atoms with Gasteiger partial charge in [0, 0.05) is 36.7 Å². The highest BCUT2D eigenvalue weighted by Gasteiger charge is 2.52. The summed E-state index contributed by atoms with van der Waals surface area (Å²) < 4.78 is 0. The minimum absolute atomic E-state index is 0.0972. The normalized spacial score (nSPS) is 21.5. The zero-order valence-electron chi connectivity index (χ0n) is 14.8. The van der Waals surface area contributed by atoms with Crippen molar-refractivity contribution in [1.29, 1.82) is 5.26 Å². The summed E-state index contributed by atoms with van der Waals surface area (Å²) >= 11 is 0. The number of nitrogens with zero attached hydrogens (tertiary/aromatic N) is 3. The summed E-state index contributed by atoms with van der Waals surface area (Å²) in [5, 5.41) is 13.5. The molecule has 2 fully saturated rings. The monoisotopic (exact) mass is 362 g/mol. The van der Waals surface area contributed by atoms with Gasteiger partial charge in [-0.25, -0.2) is 9.69 Å². The fourth-order valence-corrected chi connectivity index (χ4v) is 4.05. The van der Waals surface area contributed by atoms with Gasteiger partial charge in [0.1, 0.15) is 6.04 Å². The van der Waals surface area contributed by atoms with Gasteiger partial charge in [0.15, 0.2) is 0 Å². The SMILES string of the molecule is CC(=O)NCC1CCN2C(=O)N(c3ccc(C#N)c4ccccc34)C(=O)C12. The minimum Gasteiger partial charge on any atom is -0.356 e. The summed E-state index contributed by atoms with van der Waals surface area (Å²) in [7, 11) is 0. The van der Waals surface area contributed by atoms with Crippen LogP contribution in [0, 0.1) is 17.2 Å².